The van der Waals surface area contributed by atoms with Crippen LogP contribution in [-0.4, -0.2) is 32.4 Å². The second kappa shape index (κ2) is 7.78. The molecule has 0 aliphatic carbocycles. The van der Waals surface area contributed by atoms with Crippen molar-refractivity contribution in [2.75, 3.05) is 12.8 Å². The van der Waals surface area contributed by atoms with Crippen LogP contribution in [0.3, 0.4) is 0 Å². The molecular weight excluding hydrogens is 417 g/mol. The lowest BCUT2D eigenvalue weighted by atomic mass is 10.00. The fourth-order valence-electron chi connectivity index (χ4n) is 2.93. The van der Waals surface area contributed by atoms with Crippen molar-refractivity contribution in [3.8, 4) is 26.9 Å². The van der Waals surface area contributed by atoms with Crippen molar-refractivity contribution in [2.24, 2.45) is 0 Å². The Balaban J connectivity index is 1.86. The van der Waals surface area contributed by atoms with E-state index in [1.165, 1.54) is 30.8 Å². The standard InChI is InChI=1S/C19H15ClFN5O2S/c1-28-14-5-10(13(21)7-12(14)20)17(27)11-6-15(9-2-3-23-16(22)4-9)29-18(11)19-24-8-25-26-19/h2-8,17,27H,1H3,(H2,22,23)(H,24,25,26). The lowest BCUT2D eigenvalue weighted by molar-refractivity contribution is 0.215. The van der Waals surface area contributed by atoms with E-state index < -0.39 is 11.9 Å². The molecule has 0 amide bonds. The lowest BCUT2D eigenvalue weighted by Crippen LogP contribution is -2.04. The third-order valence-electron chi connectivity index (χ3n) is 4.32. The van der Waals surface area contributed by atoms with Gasteiger partial charge in [-0.3, -0.25) is 0 Å². The second-order valence-corrected chi connectivity index (χ2v) is 7.57. The molecule has 4 aromatic rings. The van der Waals surface area contributed by atoms with Crippen LogP contribution in [0.1, 0.15) is 17.2 Å². The van der Waals surface area contributed by atoms with E-state index in [0.29, 0.717) is 22.1 Å². The van der Waals surface area contributed by atoms with Crippen molar-refractivity contribution in [3.05, 3.63) is 64.8 Å². The Hall–Kier alpha value is -3.01. The quantitative estimate of drug-likeness (QED) is 0.439. The molecule has 1 atom stereocenters. The summed E-state index contributed by atoms with van der Waals surface area (Å²) in [6, 6.07) is 7.78. The Bertz CT molecular complexity index is 1170. The number of aliphatic hydroxyl groups is 1. The number of benzene rings is 1. The molecule has 0 radical (unpaired) electrons. The third kappa shape index (κ3) is 3.67. The number of aliphatic hydroxyl groups excluding tert-OH is 1. The highest BCUT2D eigenvalue weighted by Gasteiger charge is 2.25. The van der Waals surface area contributed by atoms with E-state index in [9.17, 15) is 9.50 Å². The first-order chi connectivity index (χ1) is 14.0. The second-order valence-electron chi connectivity index (χ2n) is 6.11. The topological polar surface area (TPSA) is 110 Å². The van der Waals surface area contributed by atoms with E-state index >= 15 is 0 Å². The highest BCUT2D eigenvalue weighted by atomic mass is 35.5. The smallest absolute Gasteiger partial charge is 0.171 e. The minimum atomic E-state index is -1.29. The normalized spacial score (nSPS) is 12.1. The van der Waals surface area contributed by atoms with Gasteiger partial charge in [-0.05, 0) is 35.9 Å². The zero-order chi connectivity index (χ0) is 20.5. The predicted octanol–water partition coefficient (Wildman–Crippen LogP) is 4.06. The summed E-state index contributed by atoms with van der Waals surface area (Å²) in [6.07, 6.45) is 1.74. The van der Waals surface area contributed by atoms with E-state index in [-0.39, 0.29) is 16.3 Å². The Labute approximate surface area is 174 Å². The maximum Gasteiger partial charge on any atom is 0.171 e. The summed E-state index contributed by atoms with van der Waals surface area (Å²) in [7, 11) is 1.42. The van der Waals surface area contributed by atoms with Crippen LogP contribution >= 0.6 is 22.9 Å². The lowest BCUT2D eigenvalue weighted by Gasteiger charge is -2.14. The molecule has 4 rings (SSSR count). The first-order valence-corrected chi connectivity index (χ1v) is 9.60. The summed E-state index contributed by atoms with van der Waals surface area (Å²) < 4.78 is 19.8. The zero-order valence-corrected chi connectivity index (χ0v) is 16.6. The summed E-state index contributed by atoms with van der Waals surface area (Å²) in [6.45, 7) is 0. The molecule has 1 aromatic carbocycles. The Kier molecular flexibility index (Phi) is 5.18. The minimum absolute atomic E-state index is 0.0330. The number of rotatable bonds is 5. The highest BCUT2D eigenvalue weighted by Crippen LogP contribution is 2.43. The van der Waals surface area contributed by atoms with Gasteiger partial charge in [-0.1, -0.05) is 11.6 Å². The number of nitrogens with one attached hydrogen (secondary N) is 1. The number of hydrogen-bond acceptors (Lipinski definition) is 7. The van der Waals surface area contributed by atoms with Gasteiger partial charge in [0.05, 0.1) is 17.0 Å². The molecule has 0 bridgehead atoms. The van der Waals surface area contributed by atoms with E-state index in [0.717, 1.165) is 16.5 Å². The number of nitrogens with zero attached hydrogens (tertiary/aromatic N) is 3. The van der Waals surface area contributed by atoms with Gasteiger partial charge in [0.2, 0.25) is 0 Å². The molecule has 1 unspecified atom stereocenters. The van der Waals surface area contributed by atoms with Crippen molar-refractivity contribution in [1.29, 1.82) is 0 Å². The van der Waals surface area contributed by atoms with Gasteiger partial charge in [0, 0.05) is 22.2 Å². The average molecular weight is 432 g/mol. The number of ether oxygens (including phenoxy) is 1. The molecule has 10 heteroatoms. The Morgan fingerprint density at radius 1 is 1.28 bits per heavy atom. The molecule has 0 saturated carbocycles. The number of anilines is 1. The molecule has 3 aromatic heterocycles. The average Bonchev–Trinajstić information content (AvgIpc) is 3.37. The third-order valence-corrected chi connectivity index (χ3v) is 5.82. The van der Waals surface area contributed by atoms with E-state index in [1.54, 1.807) is 24.4 Å². The number of hydrogen-bond donors (Lipinski definition) is 3. The maximum absolute atomic E-state index is 14.6. The Morgan fingerprint density at radius 2 is 2.10 bits per heavy atom. The van der Waals surface area contributed by atoms with Crippen molar-refractivity contribution >= 4 is 28.8 Å². The van der Waals surface area contributed by atoms with E-state index in [2.05, 4.69) is 20.2 Å². The van der Waals surface area contributed by atoms with Gasteiger partial charge in [-0.2, -0.15) is 0 Å². The van der Waals surface area contributed by atoms with Crippen LogP contribution in [-0.2, 0) is 0 Å². The number of H-pyrrole nitrogens is 1. The monoisotopic (exact) mass is 431 g/mol. The molecular formula is C19H15ClFN5O2S. The first-order valence-electron chi connectivity index (χ1n) is 8.41. The predicted molar refractivity (Wildman–Crippen MR) is 109 cm³/mol. The SMILES string of the molecule is COc1cc(C(O)c2cc(-c3ccnc(N)c3)sc2-c2nnc[nH]2)c(F)cc1Cl. The molecule has 0 aliphatic rings. The maximum atomic E-state index is 14.6. The van der Waals surface area contributed by atoms with Crippen LogP contribution in [0.5, 0.6) is 5.75 Å². The number of methoxy groups -OCH3 is 1. The first kappa shape index (κ1) is 19.3. The van der Waals surface area contributed by atoms with Gasteiger partial charge in [-0.25, -0.2) is 9.37 Å². The van der Waals surface area contributed by atoms with Crippen molar-refractivity contribution in [2.45, 2.75) is 6.10 Å². The molecule has 29 heavy (non-hydrogen) atoms. The molecule has 4 N–H and O–H groups in total. The molecule has 148 valence electrons. The number of nitrogen functional groups attached to an aromatic ring is 1. The number of thiophene rings is 1. The largest absolute Gasteiger partial charge is 0.495 e. The number of aromatic amines is 1. The van der Waals surface area contributed by atoms with Gasteiger partial charge >= 0.3 is 0 Å². The van der Waals surface area contributed by atoms with Crippen LogP contribution < -0.4 is 10.5 Å². The number of aromatic nitrogens is 4. The Morgan fingerprint density at radius 3 is 2.79 bits per heavy atom. The fraction of sp³-hybridized carbons (Fsp3) is 0.105. The van der Waals surface area contributed by atoms with Crippen LogP contribution in [0.2, 0.25) is 5.02 Å². The number of nitrogens with two attached hydrogens (primary N) is 1. The summed E-state index contributed by atoms with van der Waals surface area (Å²) >= 11 is 7.34. The summed E-state index contributed by atoms with van der Waals surface area (Å²) in [5.41, 5.74) is 7.10. The van der Waals surface area contributed by atoms with Crippen molar-refractivity contribution in [1.82, 2.24) is 20.2 Å². The summed E-state index contributed by atoms with van der Waals surface area (Å²) in [5.74, 6) is 0.444. The zero-order valence-electron chi connectivity index (χ0n) is 15.1. The van der Waals surface area contributed by atoms with Gasteiger partial charge in [0.15, 0.2) is 5.82 Å². The molecule has 0 aliphatic heterocycles. The van der Waals surface area contributed by atoms with Crippen molar-refractivity contribution in [3.63, 3.8) is 0 Å². The van der Waals surface area contributed by atoms with Crippen LogP contribution in [0.25, 0.3) is 21.1 Å². The highest BCUT2D eigenvalue weighted by molar-refractivity contribution is 7.19. The van der Waals surface area contributed by atoms with Gasteiger partial charge in [0.1, 0.15) is 29.8 Å². The van der Waals surface area contributed by atoms with Crippen LogP contribution in [0.4, 0.5) is 10.2 Å². The van der Waals surface area contributed by atoms with Crippen molar-refractivity contribution < 1.29 is 14.2 Å². The number of halogens is 2. The molecule has 0 spiro atoms. The van der Waals surface area contributed by atoms with Gasteiger partial charge < -0.3 is 20.6 Å². The van der Waals surface area contributed by atoms with Crippen LogP contribution in [0, 0.1) is 5.82 Å². The van der Waals surface area contributed by atoms with Gasteiger partial charge in [0.25, 0.3) is 0 Å². The minimum Gasteiger partial charge on any atom is -0.495 e. The number of pyridine rings is 1. The molecule has 3 heterocycles. The van der Waals surface area contributed by atoms with Gasteiger partial charge in [-0.15, -0.1) is 21.5 Å². The summed E-state index contributed by atoms with van der Waals surface area (Å²) in [5, 5.41) is 19.0. The van der Waals surface area contributed by atoms with Crippen LogP contribution in [0.15, 0.2) is 42.9 Å². The molecule has 7 nitrogen and oxygen atoms in total. The van der Waals surface area contributed by atoms with E-state index in [1.807, 2.05) is 0 Å². The molecule has 0 saturated heterocycles. The fourth-order valence-corrected chi connectivity index (χ4v) is 4.29. The summed E-state index contributed by atoms with van der Waals surface area (Å²) in [4.78, 5) is 8.34. The van der Waals surface area contributed by atoms with E-state index in [4.69, 9.17) is 22.1 Å². The molecule has 0 fully saturated rings.